The van der Waals surface area contributed by atoms with Crippen molar-refractivity contribution in [2.75, 3.05) is 0 Å². The van der Waals surface area contributed by atoms with Crippen molar-refractivity contribution in [3.8, 4) is 0 Å². The summed E-state index contributed by atoms with van der Waals surface area (Å²) in [5, 5.41) is 0. The number of hydrogen-bond acceptors (Lipinski definition) is 1. The Kier molecular flexibility index (Phi) is 3.50. The third-order valence-electron chi connectivity index (χ3n) is 5.38. The van der Waals surface area contributed by atoms with Gasteiger partial charge < -0.3 is 0 Å². The summed E-state index contributed by atoms with van der Waals surface area (Å²) in [6.07, 6.45) is 13.2. The third-order valence-corrected chi connectivity index (χ3v) is 5.38. The van der Waals surface area contributed by atoms with Crippen LogP contribution in [0.5, 0.6) is 0 Å². The van der Waals surface area contributed by atoms with Crippen LogP contribution in [0.4, 0.5) is 0 Å². The lowest BCUT2D eigenvalue weighted by molar-refractivity contribution is 0.353. The van der Waals surface area contributed by atoms with Gasteiger partial charge in [0.2, 0.25) is 0 Å². The van der Waals surface area contributed by atoms with Crippen molar-refractivity contribution in [2.24, 2.45) is 5.92 Å². The monoisotopic (exact) mass is 277 g/mol. The predicted octanol–water partition coefficient (Wildman–Crippen LogP) is 4.70. The van der Waals surface area contributed by atoms with Crippen LogP contribution in [0.2, 0.25) is 0 Å². The molecule has 1 heteroatoms. The van der Waals surface area contributed by atoms with E-state index >= 15 is 0 Å². The lowest BCUT2D eigenvalue weighted by Gasteiger charge is -2.36. The Morgan fingerprint density at radius 3 is 2.95 bits per heavy atom. The molecule has 0 saturated carbocycles. The van der Waals surface area contributed by atoms with E-state index in [2.05, 4.69) is 35.3 Å². The fourth-order valence-electron chi connectivity index (χ4n) is 4.44. The van der Waals surface area contributed by atoms with Gasteiger partial charge in [0, 0.05) is 12.4 Å². The molecule has 0 N–H and O–H groups in total. The molecule has 1 aromatic carbocycles. The first kappa shape index (κ1) is 13.1. The number of nitrogens with zero attached hydrogens (tertiary/aromatic N) is 1. The quantitative estimate of drug-likeness (QED) is 0.792. The van der Waals surface area contributed by atoms with Gasteiger partial charge in [-0.2, -0.15) is 0 Å². The Balaban J connectivity index is 1.50. The van der Waals surface area contributed by atoms with E-state index in [1.54, 1.807) is 16.7 Å². The van der Waals surface area contributed by atoms with Crippen molar-refractivity contribution in [2.45, 2.75) is 50.9 Å². The Hall–Kier alpha value is -1.63. The van der Waals surface area contributed by atoms with Crippen molar-refractivity contribution in [3.63, 3.8) is 0 Å². The van der Waals surface area contributed by atoms with Crippen LogP contribution in [0, 0.1) is 5.92 Å². The molecule has 0 bridgehead atoms. The molecule has 2 aromatic rings. The van der Waals surface area contributed by atoms with Crippen LogP contribution < -0.4 is 0 Å². The molecule has 1 nitrogen and oxygen atoms in total. The molecule has 4 rings (SSSR count). The van der Waals surface area contributed by atoms with Gasteiger partial charge in [0.1, 0.15) is 0 Å². The second-order valence-electron chi connectivity index (χ2n) is 6.78. The highest BCUT2D eigenvalue weighted by Gasteiger charge is 2.30. The van der Waals surface area contributed by atoms with Crippen LogP contribution in [0.25, 0.3) is 0 Å². The van der Waals surface area contributed by atoms with E-state index in [4.69, 9.17) is 0 Å². The second-order valence-corrected chi connectivity index (χ2v) is 6.78. The van der Waals surface area contributed by atoms with Crippen LogP contribution in [0.3, 0.4) is 0 Å². The number of rotatable bonds is 3. The SMILES string of the molecule is c1cncc(CC[C@@H]2Cc3cccc4c3[C@@H](CCC4)C2)c1. The summed E-state index contributed by atoms with van der Waals surface area (Å²) in [6.45, 7) is 0. The van der Waals surface area contributed by atoms with E-state index < -0.39 is 0 Å². The van der Waals surface area contributed by atoms with Gasteiger partial charge in [-0.05, 0) is 85.1 Å². The second kappa shape index (κ2) is 5.63. The first-order chi connectivity index (χ1) is 10.4. The molecule has 2 atom stereocenters. The molecule has 1 heterocycles. The highest BCUT2D eigenvalue weighted by Crippen LogP contribution is 2.44. The van der Waals surface area contributed by atoms with Crippen molar-refractivity contribution >= 4 is 0 Å². The van der Waals surface area contributed by atoms with E-state index in [-0.39, 0.29) is 0 Å². The summed E-state index contributed by atoms with van der Waals surface area (Å²) in [4.78, 5) is 4.24. The van der Waals surface area contributed by atoms with E-state index in [1.165, 1.54) is 50.5 Å². The maximum absolute atomic E-state index is 4.24. The van der Waals surface area contributed by atoms with Crippen LogP contribution in [-0.4, -0.2) is 4.98 Å². The molecule has 21 heavy (non-hydrogen) atoms. The molecule has 0 spiro atoms. The van der Waals surface area contributed by atoms with Crippen LogP contribution in [-0.2, 0) is 19.3 Å². The zero-order valence-electron chi connectivity index (χ0n) is 12.6. The average molecular weight is 277 g/mol. The summed E-state index contributed by atoms with van der Waals surface area (Å²) >= 11 is 0. The highest BCUT2D eigenvalue weighted by molar-refractivity contribution is 5.41. The minimum absolute atomic E-state index is 0.845. The standard InChI is InChI=1S/C20H23N/c1-5-17-6-2-8-19-13-16(12-18(7-1)20(17)19)10-9-15-4-3-11-21-14-15/h1,3-5,7,11,14,16,19H,2,6,8-10,12-13H2/t16-,19+/m1/s1. The summed E-state index contributed by atoms with van der Waals surface area (Å²) in [7, 11) is 0. The number of aryl methyl sites for hydroxylation is 2. The number of aromatic nitrogens is 1. The average Bonchev–Trinajstić information content (AvgIpc) is 2.54. The van der Waals surface area contributed by atoms with Gasteiger partial charge in [-0.25, -0.2) is 0 Å². The fraction of sp³-hybridized carbons (Fsp3) is 0.450. The summed E-state index contributed by atoms with van der Waals surface area (Å²) < 4.78 is 0. The zero-order chi connectivity index (χ0) is 14.1. The maximum atomic E-state index is 4.24. The lowest BCUT2D eigenvalue weighted by atomic mass is 9.69. The van der Waals surface area contributed by atoms with E-state index in [0.717, 1.165) is 11.8 Å². The molecule has 0 amide bonds. The number of hydrogen-bond donors (Lipinski definition) is 0. The first-order valence-electron chi connectivity index (χ1n) is 8.40. The number of benzene rings is 1. The van der Waals surface area contributed by atoms with E-state index in [0.29, 0.717) is 0 Å². The molecule has 0 unspecified atom stereocenters. The molecule has 0 aliphatic heterocycles. The van der Waals surface area contributed by atoms with E-state index in [1.807, 2.05) is 12.4 Å². The van der Waals surface area contributed by atoms with Gasteiger partial charge in [-0.3, -0.25) is 4.98 Å². The van der Waals surface area contributed by atoms with Gasteiger partial charge in [-0.1, -0.05) is 24.3 Å². The van der Waals surface area contributed by atoms with Crippen LogP contribution in [0.15, 0.2) is 42.7 Å². The fourth-order valence-corrected chi connectivity index (χ4v) is 4.44. The van der Waals surface area contributed by atoms with Gasteiger partial charge in [-0.15, -0.1) is 0 Å². The normalized spacial score (nSPS) is 23.6. The van der Waals surface area contributed by atoms with Crippen molar-refractivity contribution in [1.82, 2.24) is 4.98 Å². The molecule has 2 aliphatic carbocycles. The zero-order valence-corrected chi connectivity index (χ0v) is 12.6. The lowest BCUT2D eigenvalue weighted by Crippen LogP contribution is -2.23. The van der Waals surface area contributed by atoms with Crippen molar-refractivity contribution in [3.05, 3.63) is 65.0 Å². The van der Waals surface area contributed by atoms with E-state index in [9.17, 15) is 0 Å². The third kappa shape index (κ3) is 2.62. The molecule has 2 aliphatic rings. The Morgan fingerprint density at radius 1 is 1.10 bits per heavy atom. The smallest absolute Gasteiger partial charge is 0.0299 e. The van der Waals surface area contributed by atoms with Crippen LogP contribution in [0.1, 0.15) is 53.9 Å². The Bertz CT molecular complexity index is 617. The molecule has 1 aromatic heterocycles. The first-order valence-corrected chi connectivity index (χ1v) is 8.40. The molecular weight excluding hydrogens is 254 g/mol. The molecular formula is C20H23N. The van der Waals surface area contributed by atoms with Crippen LogP contribution >= 0.6 is 0 Å². The minimum atomic E-state index is 0.845. The summed E-state index contributed by atoms with van der Waals surface area (Å²) in [5.41, 5.74) is 6.43. The van der Waals surface area contributed by atoms with Gasteiger partial charge in [0.15, 0.2) is 0 Å². The van der Waals surface area contributed by atoms with Gasteiger partial charge >= 0.3 is 0 Å². The molecule has 0 fully saturated rings. The van der Waals surface area contributed by atoms with Crippen molar-refractivity contribution in [1.29, 1.82) is 0 Å². The molecule has 108 valence electrons. The summed E-state index contributed by atoms with van der Waals surface area (Å²) in [6, 6.07) is 11.3. The highest BCUT2D eigenvalue weighted by atomic mass is 14.6. The predicted molar refractivity (Wildman–Crippen MR) is 86.5 cm³/mol. The molecule has 0 radical (unpaired) electrons. The summed E-state index contributed by atoms with van der Waals surface area (Å²) in [5.74, 6) is 1.70. The largest absolute Gasteiger partial charge is 0.264 e. The Labute approximate surface area is 127 Å². The van der Waals surface area contributed by atoms with Gasteiger partial charge in [0.05, 0.1) is 0 Å². The Morgan fingerprint density at radius 2 is 2.05 bits per heavy atom. The maximum Gasteiger partial charge on any atom is 0.0299 e. The molecule has 0 saturated heterocycles. The number of pyridine rings is 1. The van der Waals surface area contributed by atoms with Crippen molar-refractivity contribution < 1.29 is 0 Å². The topological polar surface area (TPSA) is 12.9 Å². The minimum Gasteiger partial charge on any atom is -0.264 e. The van der Waals surface area contributed by atoms with Gasteiger partial charge in [0.25, 0.3) is 0 Å².